The Balaban J connectivity index is 2.28. The predicted molar refractivity (Wildman–Crippen MR) is 107 cm³/mol. The first kappa shape index (κ1) is 22.3. The van der Waals surface area contributed by atoms with E-state index in [1.165, 1.54) is 0 Å². The van der Waals surface area contributed by atoms with Crippen LogP contribution in [0.4, 0.5) is 0 Å². The summed E-state index contributed by atoms with van der Waals surface area (Å²) in [6.07, 6.45) is 0. The molecule has 29 heavy (non-hydrogen) atoms. The molecule has 1 aliphatic heterocycles. The van der Waals surface area contributed by atoms with Gasteiger partial charge in [0.05, 0.1) is 46.4 Å². The Morgan fingerprint density at radius 2 is 1.93 bits per heavy atom. The van der Waals surface area contributed by atoms with Gasteiger partial charge in [-0.3, -0.25) is 9.59 Å². The summed E-state index contributed by atoms with van der Waals surface area (Å²) in [5.74, 6) is -2.33. The standard InChI is InChI=1S/C20H22N4O4S/c1-6-28-19(27)15-10(2)16(23-11(15)3)14(25)9-29-18-13(8-22)20(4,5)12(7-21)17(26)24-18/h12,23H,6,9H2,1-5H3,(H,24,26)/t12-/m0/s1. The third-order valence-electron chi connectivity index (χ3n) is 4.88. The van der Waals surface area contributed by atoms with Crippen LogP contribution in [0.15, 0.2) is 10.6 Å². The molecule has 0 spiro atoms. The number of ether oxygens (including phenoxy) is 1. The second-order valence-electron chi connectivity index (χ2n) is 7.15. The maximum absolute atomic E-state index is 12.7. The Labute approximate surface area is 173 Å². The quantitative estimate of drug-likeness (QED) is 0.539. The van der Waals surface area contributed by atoms with Crippen molar-refractivity contribution in [2.24, 2.45) is 11.3 Å². The zero-order chi connectivity index (χ0) is 21.9. The second kappa shape index (κ2) is 8.54. The van der Waals surface area contributed by atoms with E-state index in [9.17, 15) is 24.9 Å². The van der Waals surface area contributed by atoms with Gasteiger partial charge in [-0.15, -0.1) is 0 Å². The zero-order valence-electron chi connectivity index (χ0n) is 16.9. The van der Waals surface area contributed by atoms with E-state index in [4.69, 9.17) is 4.74 Å². The number of carbonyl (C=O) groups excluding carboxylic acids is 3. The molecule has 2 N–H and O–H groups in total. The highest BCUT2D eigenvalue weighted by Gasteiger charge is 2.44. The minimum absolute atomic E-state index is 0.0584. The van der Waals surface area contributed by atoms with Crippen LogP contribution in [0.25, 0.3) is 0 Å². The van der Waals surface area contributed by atoms with E-state index < -0.39 is 23.2 Å². The molecule has 8 nitrogen and oxygen atoms in total. The molecule has 152 valence electrons. The summed E-state index contributed by atoms with van der Waals surface area (Å²) in [5, 5.41) is 21.7. The zero-order valence-corrected chi connectivity index (χ0v) is 17.7. The number of aryl methyl sites for hydroxylation is 1. The van der Waals surface area contributed by atoms with Gasteiger partial charge in [0.2, 0.25) is 5.91 Å². The van der Waals surface area contributed by atoms with Crippen molar-refractivity contribution < 1.29 is 19.1 Å². The monoisotopic (exact) mass is 414 g/mol. The summed E-state index contributed by atoms with van der Waals surface area (Å²) in [6, 6.07) is 3.99. The molecule has 9 heteroatoms. The van der Waals surface area contributed by atoms with E-state index in [1.54, 1.807) is 34.6 Å². The van der Waals surface area contributed by atoms with Gasteiger partial charge in [-0.2, -0.15) is 10.5 Å². The van der Waals surface area contributed by atoms with Gasteiger partial charge in [0.15, 0.2) is 5.78 Å². The van der Waals surface area contributed by atoms with Gasteiger partial charge >= 0.3 is 5.97 Å². The molecule has 0 aromatic carbocycles. The number of nitrogens with zero attached hydrogens (tertiary/aromatic N) is 2. The summed E-state index contributed by atoms with van der Waals surface area (Å²) in [4.78, 5) is 40.0. The fourth-order valence-corrected chi connectivity index (χ4v) is 4.33. The van der Waals surface area contributed by atoms with Crippen molar-refractivity contribution >= 4 is 29.4 Å². The molecule has 0 unspecified atom stereocenters. The lowest BCUT2D eigenvalue weighted by Crippen LogP contribution is -2.44. The van der Waals surface area contributed by atoms with E-state index in [0.717, 1.165) is 11.8 Å². The van der Waals surface area contributed by atoms with Crippen LogP contribution in [0.1, 0.15) is 52.9 Å². The molecule has 0 radical (unpaired) electrons. The first-order valence-electron chi connectivity index (χ1n) is 8.97. The summed E-state index contributed by atoms with van der Waals surface area (Å²) < 4.78 is 5.03. The van der Waals surface area contributed by atoms with Gasteiger partial charge in [-0.25, -0.2) is 4.79 Å². The predicted octanol–water partition coefficient (Wildman–Crippen LogP) is 2.76. The van der Waals surface area contributed by atoms with Crippen LogP contribution in [-0.2, 0) is 9.53 Å². The van der Waals surface area contributed by atoms with Gasteiger partial charge in [-0.05, 0) is 26.3 Å². The number of aromatic nitrogens is 1. The van der Waals surface area contributed by atoms with Crippen LogP contribution in [0.5, 0.6) is 0 Å². The number of nitrogens with one attached hydrogen (secondary N) is 2. The number of allylic oxidation sites excluding steroid dienone is 1. The van der Waals surface area contributed by atoms with Crippen molar-refractivity contribution in [1.29, 1.82) is 10.5 Å². The molecule has 0 fully saturated rings. The van der Waals surface area contributed by atoms with Crippen molar-refractivity contribution in [3.8, 4) is 12.1 Å². The number of hydrogen-bond acceptors (Lipinski definition) is 7. The molecule has 1 amide bonds. The second-order valence-corrected chi connectivity index (χ2v) is 8.13. The van der Waals surface area contributed by atoms with E-state index in [1.807, 2.05) is 6.07 Å². The summed E-state index contributed by atoms with van der Waals surface area (Å²) in [6.45, 7) is 8.60. The normalized spacial score (nSPS) is 17.9. The number of esters is 1. The Morgan fingerprint density at radius 3 is 2.48 bits per heavy atom. The number of H-pyrrole nitrogens is 1. The molecule has 0 aliphatic carbocycles. The van der Waals surface area contributed by atoms with Crippen LogP contribution in [0.2, 0.25) is 0 Å². The van der Waals surface area contributed by atoms with E-state index in [-0.39, 0.29) is 34.4 Å². The fourth-order valence-electron chi connectivity index (χ4n) is 3.28. The van der Waals surface area contributed by atoms with Crippen molar-refractivity contribution in [1.82, 2.24) is 10.3 Å². The molecule has 2 heterocycles. The maximum Gasteiger partial charge on any atom is 0.340 e. The van der Waals surface area contributed by atoms with Crippen molar-refractivity contribution in [2.45, 2.75) is 34.6 Å². The molecular weight excluding hydrogens is 392 g/mol. The summed E-state index contributed by atoms with van der Waals surface area (Å²) in [7, 11) is 0. The largest absolute Gasteiger partial charge is 0.462 e. The molecule has 0 bridgehead atoms. The maximum atomic E-state index is 12.7. The molecule has 1 atom stereocenters. The Morgan fingerprint density at radius 1 is 1.28 bits per heavy atom. The number of hydrogen-bond donors (Lipinski definition) is 2. The smallest absolute Gasteiger partial charge is 0.340 e. The average molecular weight is 414 g/mol. The highest BCUT2D eigenvalue weighted by Crippen LogP contribution is 2.41. The van der Waals surface area contributed by atoms with Crippen molar-refractivity contribution in [2.75, 3.05) is 12.4 Å². The molecule has 1 aliphatic rings. The topological polar surface area (TPSA) is 136 Å². The number of carbonyl (C=O) groups is 3. The SMILES string of the molecule is CCOC(=O)c1c(C)[nH]c(C(=O)CSC2=C(C#N)C(C)(C)[C@@H](C#N)C(=O)N2)c1C. The van der Waals surface area contributed by atoms with Crippen LogP contribution in [0.3, 0.4) is 0 Å². The van der Waals surface area contributed by atoms with Crippen LogP contribution in [-0.4, -0.2) is 35.0 Å². The minimum atomic E-state index is -0.988. The third-order valence-corrected chi connectivity index (χ3v) is 5.88. The van der Waals surface area contributed by atoms with E-state index in [2.05, 4.69) is 16.4 Å². The Hall–Kier alpha value is -3.04. The minimum Gasteiger partial charge on any atom is -0.462 e. The average Bonchev–Trinajstić information content (AvgIpc) is 2.93. The van der Waals surface area contributed by atoms with Gasteiger partial charge in [0, 0.05) is 11.1 Å². The molecule has 1 aromatic heterocycles. The number of aromatic amines is 1. The van der Waals surface area contributed by atoms with Crippen LogP contribution >= 0.6 is 11.8 Å². The first-order chi connectivity index (χ1) is 13.6. The highest BCUT2D eigenvalue weighted by molar-refractivity contribution is 8.03. The summed E-state index contributed by atoms with van der Waals surface area (Å²) >= 11 is 1.02. The Kier molecular flexibility index (Phi) is 6.55. The molecule has 1 aromatic rings. The number of thioether (sulfide) groups is 1. The highest BCUT2D eigenvalue weighted by atomic mass is 32.2. The summed E-state index contributed by atoms with van der Waals surface area (Å²) in [5.41, 5.74) is 0.948. The third kappa shape index (κ3) is 4.06. The van der Waals surface area contributed by atoms with E-state index in [0.29, 0.717) is 16.8 Å². The number of nitriles is 2. The van der Waals surface area contributed by atoms with Gasteiger partial charge < -0.3 is 15.0 Å². The van der Waals surface area contributed by atoms with E-state index >= 15 is 0 Å². The van der Waals surface area contributed by atoms with Crippen LogP contribution in [0, 0.1) is 47.8 Å². The number of ketones is 1. The first-order valence-corrected chi connectivity index (χ1v) is 9.96. The lowest BCUT2D eigenvalue weighted by molar-refractivity contribution is -0.125. The van der Waals surface area contributed by atoms with Crippen molar-refractivity contribution in [3.05, 3.63) is 33.1 Å². The molecule has 0 saturated heterocycles. The van der Waals surface area contributed by atoms with Crippen molar-refractivity contribution in [3.63, 3.8) is 0 Å². The van der Waals surface area contributed by atoms with Gasteiger partial charge in [0.1, 0.15) is 5.92 Å². The van der Waals surface area contributed by atoms with Crippen LogP contribution < -0.4 is 5.32 Å². The number of Topliss-reactive ketones (excluding diaryl/α,β-unsaturated/α-hetero) is 1. The molecule has 2 rings (SSSR count). The fraction of sp³-hybridized carbons (Fsp3) is 0.450. The Bertz CT molecular complexity index is 991. The molecular formula is C20H22N4O4S. The van der Waals surface area contributed by atoms with Gasteiger partial charge in [-0.1, -0.05) is 25.6 Å². The number of rotatable bonds is 6. The number of amides is 1. The molecule has 0 saturated carbocycles. The lowest BCUT2D eigenvalue weighted by atomic mass is 9.72. The van der Waals surface area contributed by atoms with Gasteiger partial charge in [0.25, 0.3) is 0 Å². The lowest BCUT2D eigenvalue weighted by Gasteiger charge is -2.34.